The fraction of sp³-hybridized carbons (Fsp3) is 0.714. The molecule has 76 valence electrons. The zero-order chi connectivity index (χ0) is 10.2. The van der Waals surface area contributed by atoms with E-state index in [4.69, 9.17) is 15.9 Å². The van der Waals surface area contributed by atoms with E-state index >= 15 is 0 Å². The Hall–Kier alpha value is -0.640. The van der Waals surface area contributed by atoms with Crippen LogP contribution in [0.3, 0.4) is 0 Å². The van der Waals surface area contributed by atoms with Crippen LogP contribution in [-0.4, -0.2) is 40.6 Å². The molecule has 0 saturated heterocycles. The molecule has 0 aliphatic heterocycles. The highest BCUT2D eigenvalue weighted by Gasteiger charge is 2.05. The molecule has 0 aromatic rings. The van der Waals surface area contributed by atoms with Gasteiger partial charge < -0.3 is 9.47 Å². The molecule has 0 bridgehead atoms. The maximum Gasteiger partial charge on any atom is 0.304 e. The van der Waals surface area contributed by atoms with Crippen LogP contribution in [0.4, 0.5) is 3.89 Å². The zero-order valence-corrected chi connectivity index (χ0v) is 7.85. The first-order valence-corrected chi connectivity index (χ1v) is 5.13. The van der Waals surface area contributed by atoms with E-state index in [1.54, 1.807) is 0 Å². The van der Waals surface area contributed by atoms with E-state index in [0.717, 1.165) is 0 Å². The minimum atomic E-state index is -4.42. The van der Waals surface area contributed by atoms with Gasteiger partial charge in [0.25, 0.3) is 0 Å². The predicted octanol–water partition coefficient (Wildman–Crippen LogP) is -0.0479. The van der Waals surface area contributed by atoms with Gasteiger partial charge in [0.1, 0.15) is 12.4 Å². The fourth-order valence-electron chi connectivity index (χ4n) is 0.509. The number of ether oxygens (including phenoxy) is 2. The van der Waals surface area contributed by atoms with Gasteiger partial charge in [-0.1, -0.05) is 5.92 Å². The SMILES string of the molecule is C#CCOCCOCCS(=O)(=O)F. The summed E-state index contributed by atoms with van der Waals surface area (Å²) in [6.07, 6.45) is 4.88. The summed E-state index contributed by atoms with van der Waals surface area (Å²) in [5.41, 5.74) is 0. The molecule has 13 heavy (non-hydrogen) atoms. The molecule has 0 spiro atoms. The summed E-state index contributed by atoms with van der Waals surface area (Å²) in [5.74, 6) is 1.63. The molecule has 0 amide bonds. The third kappa shape index (κ3) is 11.4. The molecule has 6 heteroatoms. The second-order valence-electron chi connectivity index (χ2n) is 2.11. The molecule has 0 N–H and O–H groups in total. The van der Waals surface area contributed by atoms with Crippen LogP contribution in [0.5, 0.6) is 0 Å². The molecule has 0 aromatic heterocycles. The highest BCUT2D eigenvalue weighted by Crippen LogP contribution is 1.90. The number of rotatable bonds is 7. The van der Waals surface area contributed by atoms with Gasteiger partial charge >= 0.3 is 10.2 Å². The van der Waals surface area contributed by atoms with E-state index in [0.29, 0.717) is 0 Å². The Bertz CT molecular complexity index is 254. The first kappa shape index (κ1) is 12.4. The van der Waals surface area contributed by atoms with Crippen LogP contribution >= 0.6 is 0 Å². The Labute approximate surface area is 77.2 Å². The lowest BCUT2D eigenvalue weighted by Gasteiger charge is -2.01. The summed E-state index contributed by atoms with van der Waals surface area (Å²) < 4.78 is 41.3. The summed E-state index contributed by atoms with van der Waals surface area (Å²) in [6, 6.07) is 0. The number of terminal acetylenes is 1. The Balaban J connectivity index is 3.14. The van der Waals surface area contributed by atoms with Crippen molar-refractivity contribution in [2.45, 2.75) is 0 Å². The van der Waals surface area contributed by atoms with Crippen molar-refractivity contribution in [1.29, 1.82) is 0 Å². The first-order valence-electron chi connectivity index (χ1n) is 3.57. The van der Waals surface area contributed by atoms with E-state index in [1.807, 2.05) is 0 Å². The average molecular weight is 210 g/mol. The van der Waals surface area contributed by atoms with Crippen molar-refractivity contribution in [3.05, 3.63) is 0 Å². The minimum Gasteiger partial charge on any atom is -0.378 e. The van der Waals surface area contributed by atoms with Crippen molar-refractivity contribution in [3.8, 4) is 12.3 Å². The van der Waals surface area contributed by atoms with Crippen LogP contribution in [0.25, 0.3) is 0 Å². The van der Waals surface area contributed by atoms with Gasteiger partial charge in [0.05, 0.1) is 19.8 Å². The van der Waals surface area contributed by atoms with Crippen LogP contribution in [0.1, 0.15) is 0 Å². The molecule has 0 saturated carbocycles. The third-order valence-corrected chi connectivity index (χ3v) is 1.68. The molecule has 0 fully saturated rings. The fourth-order valence-corrected chi connectivity index (χ4v) is 0.826. The van der Waals surface area contributed by atoms with Gasteiger partial charge in [-0.3, -0.25) is 0 Å². The second-order valence-corrected chi connectivity index (χ2v) is 3.60. The topological polar surface area (TPSA) is 52.6 Å². The molecular formula is C7H11FO4S. The average Bonchev–Trinajstić information content (AvgIpc) is 2.01. The van der Waals surface area contributed by atoms with Crippen molar-refractivity contribution in [2.75, 3.05) is 32.2 Å². The monoisotopic (exact) mass is 210 g/mol. The van der Waals surface area contributed by atoms with E-state index in [9.17, 15) is 12.3 Å². The largest absolute Gasteiger partial charge is 0.378 e. The molecule has 0 unspecified atom stereocenters. The molecule has 0 rings (SSSR count). The van der Waals surface area contributed by atoms with Gasteiger partial charge in [-0.2, -0.15) is 8.42 Å². The summed E-state index contributed by atoms with van der Waals surface area (Å²) in [7, 11) is -4.42. The van der Waals surface area contributed by atoms with E-state index in [2.05, 4.69) is 5.92 Å². The van der Waals surface area contributed by atoms with Crippen LogP contribution in [-0.2, 0) is 19.7 Å². The Kier molecular flexibility index (Phi) is 6.49. The van der Waals surface area contributed by atoms with Crippen LogP contribution < -0.4 is 0 Å². The van der Waals surface area contributed by atoms with Crippen molar-refractivity contribution >= 4 is 10.2 Å². The van der Waals surface area contributed by atoms with E-state index in [1.165, 1.54) is 0 Å². The van der Waals surface area contributed by atoms with E-state index in [-0.39, 0.29) is 26.4 Å². The van der Waals surface area contributed by atoms with Crippen LogP contribution in [0.2, 0.25) is 0 Å². The smallest absolute Gasteiger partial charge is 0.304 e. The maximum atomic E-state index is 11.9. The lowest BCUT2D eigenvalue weighted by molar-refractivity contribution is 0.0668. The lowest BCUT2D eigenvalue weighted by atomic mass is 10.7. The summed E-state index contributed by atoms with van der Waals surface area (Å²) in [4.78, 5) is 0. The van der Waals surface area contributed by atoms with Gasteiger partial charge in [-0.05, 0) is 0 Å². The first-order chi connectivity index (χ1) is 6.06. The summed E-state index contributed by atoms with van der Waals surface area (Å²) in [5, 5.41) is 0. The molecular weight excluding hydrogens is 199 g/mol. The Morgan fingerprint density at radius 3 is 2.38 bits per heavy atom. The van der Waals surface area contributed by atoms with Gasteiger partial charge in [-0.15, -0.1) is 10.3 Å². The highest BCUT2D eigenvalue weighted by atomic mass is 32.3. The predicted molar refractivity (Wildman–Crippen MR) is 45.4 cm³/mol. The Morgan fingerprint density at radius 2 is 1.85 bits per heavy atom. The van der Waals surface area contributed by atoms with Crippen molar-refractivity contribution in [1.82, 2.24) is 0 Å². The van der Waals surface area contributed by atoms with Gasteiger partial charge in [0, 0.05) is 0 Å². The lowest BCUT2D eigenvalue weighted by Crippen LogP contribution is -2.11. The van der Waals surface area contributed by atoms with Crippen LogP contribution in [0, 0.1) is 12.3 Å². The normalized spacial score (nSPS) is 11.1. The maximum absolute atomic E-state index is 11.9. The van der Waals surface area contributed by atoms with Crippen molar-refractivity contribution < 1.29 is 21.8 Å². The molecule has 0 atom stereocenters. The second kappa shape index (κ2) is 6.83. The quantitative estimate of drug-likeness (QED) is 0.336. The number of hydrogen-bond donors (Lipinski definition) is 0. The van der Waals surface area contributed by atoms with Crippen molar-refractivity contribution in [2.24, 2.45) is 0 Å². The standard InChI is InChI=1S/C7H11FO4S/c1-2-3-11-4-5-12-6-7-13(8,9)10/h1H,3-7H2. The minimum absolute atomic E-state index is 0.168. The summed E-state index contributed by atoms with van der Waals surface area (Å²) in [6.45, 7) is 0.497. The zero-order valence-electron chi connectivity index (χ0n) is 7.03. The molecule has 0 heterocycles. The molecule has 4 nitrogen and oxygen atoms in total. The molecule has 0 aromatic carbocycles. The van der Waals surface area contributed by atoms with Gasteiger partial charge in [0.2, 0.25) is 0 Å². The molecule has 0 radical (unpaired) electrons. The molecule has 0 aliphatic carbocycles. The van der Waals surface area contributed by atoms with Gasteiger partial charge in [-0.25, -0.2) is 0 Å². The van der Waals surface area contributed by atoms with Gasteiger partial charge in [0.15, 0.2) is 0 Å². The Morgan fingerprint density at radius 1 is 1.23 bits per heavy atom. The van der Waals surface area contributed by atoms with Crippen LogP contribution in [0.15, 0.2) is 0 Å². The number of hydrogen-bond acceptors (Lipinski definition) is 4. The third-order valence-electron chi connectivity index (χ3n) is 1.03. The molecule has 0 aliphatic rings. The van der Waals surface area contributed by atoms with Crippen molar-refractivity contribution in [3.63, 3.8) is 0 Å². The summed E-state index contributed by atoms with van der Waals surface area (Å²) >= 11 is 0. The highest BCUT2D eigenvalue weighted by molar-refractivity contribution is 7.86. The number of halogens is 1. The van der Waals surface area contributed by atoms with E-state index < -0.39 is 16.0 Å².